The number of benzene rings is 3. The molecule has 1 heterocycles. The lowest BCUT2D eigenvalue weighted by Crippen LogP contribution is -2.53. The molecule has 6 heteroatoms. The van der Waals surface area contributed by atoms with E-state index >= 15 is 0 Å². The number of anilines is 1. The van der Waals surface area contributed by atoms with Crippen molar-refractivity contribution in [2.75, 3.05) is 4.90 Å². The maximum atomic E-state index is 13.9. The van der Waals surface area contributed by atoms with Gasteiger partial charge >= 0.3 is 0 Å². The fourth-order valence-electron chi connectivity index (χ4n) is 6.51. The Kier molecular flexibility index (Phi) is 3.76. The van der Waals surface area contributed by atoms with Gasteiger partial charge in [-0.2, -0.15) is 0 Å². The number of non-ortho nitro benzene ring substituents is 1. The first-order valence-corrected chi connectivity index (χ1v) is 10.8. The molecule has 1 aliphatic heterocycles. The number of nitro benzene ring substituents is 1. The third-order valence-corrected chi connectivity index (χ3v) is 7.67. The van der Waals surface area contributed by atoms with Gasteiger partial charge in [-0.1, -0.05) is 55.5 Å². The molecule has 158 valence electrons. The van der Waals surface area contributed by atoms with Gasteiger partial charge in [-0.3, -0.25) is 19.7 Å². The van der Waals surface area contributed by atoms with Crippen molar-refractivity contribution in [3.63, 3.8) is 0 Å². The summed E-state index contributed by atoms with van der Waals surface area (Å²) in [4.78, 5) is 39.5. The molecule has 0 radical (unpaired) electrons. The number of amides is 2. The average Bonchev–Trinajstić information content (AvgIpc) is 3.10. The molecule has 32 heavy (non-hydrogen) atoms. The molecule has 0 aromatic heterocycles. The maximum absolute atomic E-state index is 13.9. The summed E-state index contributed by atoms with van der Waals surface area (Å²) in [5.41, 5.74) is 4.27. The van der Waals surface area contributed by atoms with Crippen molar-refractivity contribution in [2.45, 2.75) is 24.7 Å². The summed E-state index contributed by atoms with van der Waals surface area (Å²) in [5.74, 6) is -1.60. The number of imide groups is 1. The van der Waals surface area contributed by atoms with Gasteiger partial charge in [0, 0.05) is 23.5 Å². The molecule has 2 amide bonds. The van der Waals surface area contributed by atoms with Gasteiger partial charge in [0.15, 0.2) is 0 Å². The lowest BCUT2D eigenvalue weighted by Gasteiger charge is -2.54. The van der Waals surface area contributed by atoms with Gasteiger partial charge in [0.2, 0.25) is 11.8 Å². The first kappa shape index (κ1) is 18.9. The third-order valence-electron chi connectivity index (χ3n) is 7.67. The van der Waals surface area contributed by atoms with Crippen LogP contribution in [-0.4, -0.2) is 16.7 Å². The Hall–Kier alpha value is -3.80. The molecule has 0 N–H and O–H groups in total. The van der Waals surface area contributed by atoms with E-state index in [9.17, 15) is 19.7 Å². The predicted molar refractivity (Wildman–Crippen MR) is 118 cm³/mol. The number of hydrogen-bond acceptors (Lipinski definition) is 4. The highest BCUT2D eigenvalue weighted by atomic mass is 16.6. The molecule has 3 aliphatic carbocycles. The van der Waals surface area contributed by atoms with Crippen LogP contribution in [0.5, 0.6) is 0 Å². The maximum Gasteiger partial charge on any atom is 0.269 e. The van der Waals surface area contributed by atoms with Crippen LogP contribution in [0.4, 0.5) is 11.4 Å². The molecule has 0 unspecified atom stereocenters. The zero-order valence-corrected chi connectivity index (χ0v) is 17.4. The van der Waals surface area contributed by atoms with Crippen molar-refractivity contribution in [1.29, 1.82) is 0 Å². The van der Waals surface area contributed by atoms with E-state index in [-0.39, 0.29) is 23.4 Å². The van der Waals surface area contributed by atoms with Crippen molar-refractivity contribution in [3.8, 4) is 0 Å². The molecule has 3 aromatic carbocycles. The van der Waals surface area contributed by atoms with Crippen LogP contribution < -0.4 is 4.90 Å². The molecule has 7 rings (SSSR count). The minimum absolute atomic E-state index is 0.0739. The van der Waals surface area contributed by atoms with Gasteiger partial charge in [-0.25, -0.2) is 4.90 Å². The van der Waals surface area contributed by atoms with E-state index in [0.29, 0.717) is 12.1 Å². The number of nitro groups is 1. The van der Waals surface area contributed by atoms with Gasteiger partial charge in [0.05, 0.1) is 22.4 Å². The second-order valence-electron chi connectivity index (χ2n) is 8.77. The molecule has 0 saturated carbocycles. The first-order valence-electron chi connectivity index (χ1n) is 10.8. The Bertz CT molecular complexity index is 1270. The molecular weight excluding hydrogens is 404 g/mol. The summed E-state index contributed by atoms with van der Waals surface area (Å²) in [6.07, 6.45) is 0.696. The zero-order chi connectivity index (χ0) is 22.2. The average molecular weight is 424 g/mol. The van der Waals surface area contributed by atoms with Crippen LogP contribution in [-0.2, 0) is 15.0 Å². The molecule has 2 bridgehead atoms. The smallest absolute Gasteiger partial charge is 0.269 e. The van der Waals surface area contributed by atoms with E-state index < -0.39 is 22.2 Å². The predicted octanol–water partition coefficient (Wildman–Crippen LogP) is 4.56. The summed E-state index contributed by atoms with van der Waals surface area (Å²) in [6.45, 7) is 2.09. The molecule has 2 atom stereocenters. The molecule has 1 saturated heterocycles. The number of hydrogen-bond donors (Lipinski definition) is 0. The first-order chi connectivity index (χ1) is 15.5. The Morgan fingerprint density at radius 3 is 1.97 bits per heavy atom. The van der Waals surface area contributed by atoms with Gasteiger partial charge < -0.3 is 0 Å². The quantitative estimate of drug-likeness (QED) is 0.351. The molecule has 4 aliphatic rings. The van der Waals surface area contributed by atoms with E-state index in [1.807, 2.05) is 24.3 Å². The van der Waals surface area contributed by atoms with Gasteiger partial charge in [0.1, 0.15) is 0 Å². The van der Waals surface area contributed by atoms with Crippen LogP contribution in [0.25, 0.3) is 0 Å². The van der Waals surface area contributed by atoms with Gasteiger partial charge in [0.25, 0.3) is 5.69 Å². The van der Waals surface area contributed by atoms with E-state index in [1.165, 1.54) is 29.2 Å². The van der Waals surface area contributed by atoms with E-state index in [1.54, 1.807) is 0 Å². The summed E-state index contributed by atoms with van der Waals surface area (Å²) < 4.78 is 0. The molecule has 6 nitrogen and oxygen atoms in total. The van der Waals surface area contributed by atoms with E-state index in [2.05, 4.69) is 31.2 Å². The highest BCUT2D eigenvalue weighted by molar-refractivity contribution is 6.23. The highest BCUT2D eigenvalue weighted by Crippen LogP contribution is 2.65. The van der Waals surface area contributed by atoms with Crippen molar-refractivity contribution in [3.05, 3.63) is 105 Å². The van der Waals surface area contributed by atoms with Crippen molar-refractivity contribution < 1.29 is 14.5 Å². The number of carbonyl (C=O) groups is 2. The van der Waals surface area contributed by atoms with Crippen molar-refractivity contribution in [1.82, 2.24) is 0 Å². The fourth-order valence-corrected chi connectivity index (χ4v) is 6.51. The molecule has 0 spiro atoms. The largest absolute Gasteiger partial charge is 0.274 e. The summed E-state index contributed by atoms with van der Waals surface area (Å²) in [5, 5.41) is 11.1. The Balaban J connectivity index is 1.58. The van der Waals surface area contributed by atoms with Crippen LogP contribution in [0, 0.1) is 22.0 Å². The fraction of sp³-hybridized carbons (Fsp3) is 0.231. The molecule has 1 fully saturated rings. The van der Waals surface area contributed by atoms with Crippen molar-refractivity contribution >= 4 is 23.2 Å². The second kappa shape index (κ2) is 6.36. The van der Waals surface area contributed by atoms with Gasteiger partial charge in [-0.15, -0.1) is 0 Å². The minimum atomic E-state index is -0.575. The summed E-state index contributed by atoms with van der Waals surface area (Å²) >= 11 is 0. The topological polar surface area (TPSA) is 80.5 Å². The SMILES string of the molecule is CCC12c3ccccc3C(c3ccccc31)[C@@H]1C(=O)N(c3ccc([N+](=O)[O-])cc3)C(=O)[C@@H]12. The second-order valence-corrected chi connectivity index (χ2v) is 8.77. The summed E-state index contributed by atoms with van der Waals surface area (Å²) in [6, 6.07) is 22.0. The van der Waals surface area contributed by atoms with Crippen LogP contribution in [0.2, 0.25) is 0 Å². The lowest BCUT2D eigenvalue weighted by atomic mass is 9.46. The van der Waals surface area contributed by atoms with Crippen molar-refractivity contribution in [2.24, 2.45) is 11.8 Å². The number of nitrogens with zero attached hydrogens (tertiary/aromatic N) is 2. The Morgan fingerprint density at radius 2 is 1.44 bits per heavy atom. The number of rotatable bonds is 3. The zero-order valence-electron chi connectivity index (χ0n) is 17.4. The van der Waals surface area contributed by atoms with Crippen LogP contribution in [0.1, 0.15) is 41.5 Å². The lowest BCUT2D eigenvalue weighted by molar-refractivity contribution is -0.384. The van der Waals surface area contributed by atoms with Crippen LogP contribution >= 0.6 is 0 Å². The van der Waals surface area contributed by atoms with Gasteiger partial charge in [-0.05, 0) is 40.8 Å². The van der Waals surface area contributed by atoms with E-state index in [0.717, 1.165) is 22.3 Å². The normalized spacial score (nSPS) is 27.2. The summed E-state index contributed by atoms with van der Waals surface area (Å²) in [7, 11) is 0. The third kappa shape index (κ3) is 2.09. The molecule has 3 aromatic rings. The minimum Gasteiger partial charge on any atom is -0.274 e. The van der Waals surface area contributed by atoms with Crippen LogP contribution in [0.15, 0.2) is 72.8 Å². The highest BCUT2D eigenvalue weighted by Gasteiger charge is 2.67. The van der Waals surface area contributed by atoms with E-state index in [4.69, 9.17) is 0 Å². The number of carbonyl (C=O) groups excluding carboxylic acids is 2. The Labute approximate surface area is 184 Å². The Morgan fingerprint density at radius 1 is 0.875 bits per heavy atom. The monoisotopic (exact) mass is 424 g/mol. The standard InChI is InChI=1S/C26H20N2O4/c1-2-26-19-9-5-3-7-17(19)21(18-8-4-6-10-20(18)26)22-23(26)25(30)27(24(22)29)15-11-13-16(14-12-15)28(31)32/h3-14,21-23H,2H2,1H3/t21?,22-,23+,26?/m0/s1. The molecular formula is C26H20N2O4. The van der Waals surface area contributed by atoms with Crippen LogP contribution in [0.3, 0.4) is 0 Å².